The minimum Gasteiger partial charge on any atom is -0.367 e. The molecule has 2 heterocycles. The Morgan fingerprint density at radius 3 is 2.10 bits per heavy atom. The molecular weight excluding hydrogens is 518 g/mol. The summed E-state index contributed by atoms with van der Waals surface area (Å²) in [4.78, 5) is 43.0. The first-order valence-corrected chi connectivity index (χ1v) is 13.5. The third-order valence-corrected chi connectivity index (χ3v) is 7.57. The average molecular weight is 548 g/mol. The molecule has 39 heavy (non-hydrogen) atoms. The molecule has 0 radical (unpaired) electrons. The number of piperazine rings is 1. The van der Waals surface area contributed by atoms with Crippen molar-refractivity contribution in [3.8, 4) is 0 Å². The van der Waals surface area contributed by atoms with Gasteiger partial charge in [-0.25, -0.2) is 0 Å². The Morgan fingerprint density at radius 2 is 1.44 bits per heavy atom. The van der Waals surface area contributed by atoms with E-state index in [1.165, 1.54) is 6.07 Å². The van der Waals surface area contributed by atoms with E-state index in [0.717, 1.165) is 38.0 Å². The Hall–Kier alpha value is -4.11. The first-order chi connectivity index (χ1) is 18.9. The van der Waals surface area contributed by atoms with E-state index < -0.39 is 10.8 Å². The second-order valence-corrected chi connectivity index (χ2v) is 10.2. The topological polar surface area (TPSA) is 99.0 Å². The molecular formula is C29H30ClN5O4. The van der Waals surface area contributed by atoms with Gasteiger partial charge in [0.25, 0.3) is 17.5 Å². The summed E-state index contributed by atoms with van der Waals surface area (Å²) in [7, 11) is 0. The summed E-state index contributed by atoms with van der Waals surface area (Å²) in [6.45, 7) is 3.97. The minimum absolute atomic E-state index is 0.0172. The number of rotatable bonds is 6. The van der Waals surface area contributed by atoms with E-state index in [1.54, 1.807) is 24.3 Å². The molecule has 0 aliphatic carbocycles. The van der Waals surface area contributed by atoms with Crippen molar-refractivity contribution in [3.05, 3.63) is 93.0 Å². The summed E-state index contributed by atoms with van der Waals surface area (Å²) >= 11 is 6.59. The number of carbonyl (C=O) groups is 2. The van der Waals surface area contributed by atoms with Gasteiger partial charge in [0.05, 0.1) is 15.6 Å². The van der Waals surface area contributed by atoms with Crippen LogP contribution in [0.3, 0.4) is 0 Å². The van der Waals surface area contributed by atoms with Gasteiger partial charge >= 0.3 is 0 Å². The smallest absolute Gasteiger partial charge is 0.293 e. The van der Waals surface area contributed by atoms with Crippen molar-refractivity contribution in [3.63, 3.8) is 0 Å². The van der Waals surface area contributed by atoms with Crippen LogP contribution >= 0.6 is 11.6 Å². The van der Waals surface area contributed by atoms with Gasteiger partial charge in [-0.3, -0.25) is 19.7 Å². The van der Waals surface area contributed by atoms with Gasteiger partial charge in [-0.2, -0.15) is 0 Å². The van der Waals surface area contributed by atoms with Gasteiger partial charge in [0.2, 0.25) is 0 Å². The molecule has 0 atom stereocenters. The number of carbonyl (C=O) groups excluding carboxylic acids is 2. The monoisotopic (exact) mass is 547 g/mol. The van der Waals surface area contributed by atoms with Crippen LogP contribution < -0.4 is 15.1 Å². The van der Waals surface area contributed by atoms with Crippen molar-refractivity contribution < 1.29 is 14.5 Å². The SMILES string of the molecule is O=C(Nc1ccc(N2CCN(C(=O)c3ccccc3)CC2)c(Cl)c1)c1ccc(N2CCCCC2)c([N+](=O)[O-])c1. The highest BCUT2D eigenvalue weighted by Gasteiger charge is 2.25. The maximum atomic E-state index is 13.0. The Labute approximate surface area is 232 Å². The van der Waals surface area contributed by atoms with Crippen LogP contribution in [0.1, 0.15) is 40.0 Å². The lowest BCUT2D eigenvalue weighted by atomic mass is 10.1. The van der Waals surface area contributed by atoms with Crippen LogP contribution in [0.15, 0.2) is 66.7 Å². The largest absolute Gasteiger partial charge is 0.367 e. The molecule has 0 unspecified atom stereocenters. The third-order valence-electron chi connectivity index (χ3n) is 7.26. The lowest BCUT2D eigenvalue weighted by Crippen LogP contribution is -2.48. The van der Waals surface area contributed by atoms with E-state index in [9.17, 15) is 19.7 Å². The van der Waals surface area contributed by atoms with Crippen LogP contribution in [0.25, 0.3) is 0 Å². The molecule has 2 saturated heterocycles. The highest BCUT2D eigenvalue weighted by molar-refractivity contribution is 6.33. The molecule has 0 spiro atoms. The maximum absolute atomic E-state index is 13.0. The summed E-state index contributed by atoms with van der Waals surface area (Å²) in [5.74, 6) is -0.427. The molecule has 0 bridgehead atoms. The molecule has 5 rings (SSSR count). The number of nitrogens with zero attached hydrogens (tertiary/aromatic N) is 4. The number of anilines is 3. The van der Waals surface area contributed by atoms with Crippen LogP contribution in [-0.2, 0) is 0 Å². The van der Waals surface area contributed by atoms with E-state index in [0.29, 0.717) is 48.1 Å². The molecule has 9 nitrogen and oxygen atoms in total. The number of nitrogens with one attached hydrogen (secondary N) is 1. The molecule has 0 aromatic heterocycles. The van der Waals surface area contributed by atoms with Crippen LogP contribution in [0.4, 0.5) is 22.7 Å². The molecule has 2 amide bonds. The fraction of sp³-hybridized carbons (Fsp3) is 0.310. The zero-order chi connectivity index (χ0) is 27.4. The predicted molar refractivity (Wildman–Crippen MR) is 153 cm³/mol. The van der Waals surface area contributed by atoms with Crippen LogP contribution in [0.2, 0.25) is 5.02 Å². The van der Waals surface area contributed by atoms with Crippen molar-refractivity contribution in [1.29, 1.82) is 0 Å². The zero-order valence-electron chi connectivity index (χ0n) is 21.5. The highest BCUT2D eigenvalue weighted by Crippen LogP contribution is 2.33. The number of hydrogen-bond donors (Lipinski definition) is 1. The molecule has 2 fully saturated rings. The van der Waals surface area contributed by atoms with Gasteiger partial charge in [-0.05, 0) is 61.7 Å². The Balaban J connectivity index is 1.23. The number of nitro benzene ring substituents is 1. The standard InChI is InChI=1S/C29H30ClN5O4/c30-24-20-23(10-12-25(24)33-15-17-34(18-16-33)29(37)21-7-3-1-4-8-21)31-28(36)22-9-11-26(27(19-22)35(38)39)32-13-5-2-6-14-32/h1,3-4,7-12,19-20H,2,5-6,13-18H2,(H,31,36). The van der Waals surface area contributed by atoms with Crippen LogP contribution in [-0.4, -0.2) is 60.9 Å². The number of hydrogen-bond acceptors (Lipinski definition) is 6. The van der Waals surface area contributed by atoms with Gasteiger partial charge in [0.15, 0.2) is 0 Å². The van der Waals surface area contributed by atoms with Crippen molar-refractivity contribution in [2.75, 3.05) is 54.4 Å². The normalized spacial score (nSPS) is 15.7. The Morgan fingerprint density at radius 1 is 0.769 bits per heavy atom. The number of piperidine rings is 1. The molecule has 10 heteroatoms. The lowest BCUT2D eigenvalue weighted by molar-refractivity contribution is -0.384. The highest BCUT2D eigenvalue weighted by atomic mass is 35.5. The molecule has 3 aromatic carbocycles. The van der Waals surface area contributed by atoms with Crippen LogP contribution in [0, 0.1) is 10.1 Å². The van der Waals surface area contributed by atoms with Gasteiger partial charge in [-0.1, -0.05) is 29.8 Å². The predicted octanol–water partition coefficient (Wildman–Crippen LogP) is 5.45. The summed E-state index contributed by atoms with van der Waals surface area (Å²) in [5.41, 5.74) is 2.69. The third kappa shape index (κ3) is 5.98. The molecule has 1 N–H and O–H groups in total. The van der Waals surface area contributed by atoms with Gasteiger partial charge < -0.3 is 20.0 Å². The van der Waals surface area contributed by atoms with Gasteiger partial charge in [-0.15, -0.1) is 0 Å². The van der Waals surface area contributed by atoms with E-state index in [4.69, 9.17) is 11.6 Å². The number of benzene rings is 3. The molecule has 0 saturated carbocycles. The molecule has 2 aliphatic rings. The summed E-state index contributed by atoms with van der Waals surface area (Å²) in [6, 6.07) is 19.1. The van der Waals surface area contributed by atoms with E-state index in [1.807, 2.05) is 46.2 Å². The molecule has 202 valence electrons. The summed E-state index contributed by atoms with van der Waals surface area (Å²) in [6.07, 6.45) is 3.12. The minimum atomic E-state index is -0.444. The van der Waals surface area contributed by atoms with Crippen molar-refractivity contribution in [2.24, 2.45) is 0 Å². The number of amides is 2. The van der Waals surface area contributed by atoms with Crippen molar-refractivity contribution in [1.82, 2.24) is 4.90 Å². The summed E-state index contributed by atoms with van der Waals surface area (Å²) in [5, 5.41) is 15.0. The van der Waals surface area contributed by atoms with Gasteiger partial charge in [0, 0.05) is 62.1 Å². The quantitative estimate of drug-likeness (QED) is 0.325. The second-order valence-electron chi connectivity index (χ2n) is 9.77. The zero-order valence-corrected chi connectivity index (χ0v) is 22.3. The number of halogens is 1. The Bertz CT molecular complexity index is 1370. The average Bonchev–Trinajstić information content (AvgIpc) is 2.97. The second kappa shape index (κ2) is 11.7. The first kappa shape index (κ1) is 26.5. The van der Waals surface area contributed by atoms with E-state index >= 15 is 0 Å². The number of nitro groups is 1. The first-order valence-electron chi connectivity index (χ1n) is 13.1. The van der Waals surface area contributed by atoms with Crippen LogP contribution in [0.5, 0.6) is 0 Å². The fourth-order valence-electron chi connectivity index (χ4n) is 5.17. The lowest BCUT2D eigenvalue weighted by Gasteiger charge is -2.36. The Kier molecular flexibility index (Phi) is 7.97. The fourth-order valence-corrected chi connectivity index (χ4v) is 5.47. The van der Waals surface area contributed by atoms with E-state index in [-0.39, 0.29) is 17.2 Å². The van der Waals surface area contributed by atoms with Gasteiger partial charge in [0.1, 0.15) is 5.69 Å². The maximum Gasteiger partial charge on any atom is 0.293 e. The van der Waals surface area contributed by atoms with Crippen molar-refractivity contribution in [2.45, 2.75) is 19.3 Å². The molecule has 3 aromatic rings. The van der Waals surface area contributed by atoms with Crippen molar-refractivity contribution >= 4 is 46.2 Å². The molecule has 2 aliphatic heterocycles. The summed E-state index contributed by atoms with van der Waals surface area (Å²) < 4.78 is 0. The van der Waals surface area contributed by atoms with E-state index in [2.05, 4.69) is 10.2 Å².